The van der Waals surface area contributed by atoms with E-state index in [4.69, 9.17) is 4.42 Å². The Hall–Kier alpha value is -5.94. The van der Waals surface area contributed by atoms with Crippen LogP contribution in [0.4, 0.5) is 34.1 Å². The van der Waals surface area contributed by atoms with Gasteiger partial charge < -0.3 is 14.2 Å². The molecule has 5 nitrogen and oxygen atoms in total. The minimum atomic E-state index is 0.493. The Balaban J connectivity index is 1.21. The first-order chi connectivity index (χ1) is 22.1. The van der Waals surface area contributed by atoms with Gasteiger partial charge in [-0.3, -0.25) is 0 Å². The molecular formula is C40H32N4O. The zero-order valence-corrected chi connectivity index (χ0v) is 25.2. The van der Waals surface area contributed by atoms with E-state index in [9.17, 15) is 0 Å². The number of hydrogen-bond acceptors (Lipinski definition) is 5. The number of aryl methyl sites for hydroxylation is 2. The molecule has 0 N–H and O–H groups in total. The molecule has 1 heterocycles. The predicted molar refractivity (Wildman–Crippen MR) is 184 cm³/mol. The SMILES string of the molecule is Cc1ccc(-c2nnc(-c3ccc(N(c4ccccc4)c4ccc(N(c5ccccc5)c5ccccc5)cc4)cc3)o2)cc1C. The summed E-state index contributed by atoms with van der Waals surface area (Å²) in [6.45, 7) is 4.18. The molecule has 0 radical (unpaired) electrons. The van der Waals surface area contributed by atoms with Gasteiger partial charge in [0.25, 0.3) is 0 Å². The van der Waals surface area contributed by atoms with Gasteiger partial charge in [-0.1, -0.05) is 60.7 Å². The highest BCUT2D eigenvalue weighted by atomic mass is 16.4. The third-order valence-electron chi connectivity index (χ3n) is 7.96. The second-order valence-corrected chi connectivity index (χ2v) is 11.0. The van der Waals surface area contributed by atoms with Crippen LogP contribution in [0.5, 0.6) is 0 Å². The highest BCUT2D eigenvalue weighted by Crippen LogP contribution is 2.39. The third-order valence-corrected chi connectivity index (χ3v) is 7.96. The Morgan fingerprint density at radius 2 is 0.733 bits per heavy atom. The van der Waals surface area contributed by atoms with Gasteiger partial charge in [0.15, 0.2) is 0 Å². The second kappa shape index (κ2) is 12.3. The van der Waals surface area contributed by atoms with Gasteiger partial charge in [0.05, 0.1) is 0 Å². The summed E-state index contributed by atoms with van der Waals surface area (Å²) in [5, 5.41) is 8.67. The molecule has 6 aromatic carbocycles. The van der Waals surface area contributed by atoms with Crippen LogP contribution < -0.4 is 9.80 Å². The zero-order chi connectivity index (χ0) is 30.6. The maximum absolute atomic E-state index is 6.09. The zero-order valence-electron chi connectivity index (χ0n) is 25.2. The maximum atomic E-state index is 6.09. The van der Waals surface area contributed by atoms with E-state index in [0.717, 1.165) is 45.3 Å². The first-order valence-electron chi connectivity index (χ1n) is 15.0. The van der Waals surface area contributed by atoms with Crippen molar-refractivity contribution in [1.82, 2.24) is 10.2 Å². The fourth-order valence-corrected chi connectivity index (χ4v) is 5.46. The molecule has 7 aromatic rings. The van der Waals surface area contributed by atoms with Crippen molar-refractivity contribution in [2.24, 2.45) is 0 Å². The van der Waals surface area contributed by atoms with Crippen molar-refractivity contribution >= 4 is 34.1 Å². The highest BCUT2D eigenvalue weighted by Gasteiger charge is 2.17. The molecule has 0 atom stereocenters. The van der Waals surface area contributed by atoms with Crippen molar-refractivity contribution in [1.29, 1.82) is 0 Å². The molecule has 45 heavy (non-hydrogen) atoms. The number of aromatic nitrogens is 2. The number of nitrogens with zero attached hydrogens (tertiary/aromatic N) is 4. The van der Waals surface area contributed by atoms with E-state index >= 15 is 0 Å². The van der Waals surface area contributed by atoms with Crippen LogP contribution in [0.2, 0.25) is 0 Å². The normalized spacial score (nSPS) is 10.9. The molecule has 0 unspecified atom stereocenters. The fourth-order valence-electron chi connectivity index (χ4n) is 5.46. The number of anilines is 6. The lowest BCUT2D eigenvalue weighted by Crippen LogP contribution is -2.12. The molecule has 1 aromatic heterocycles. The quantitative estimate of drug-likeness (QED) is 0.178. The monoisotopic (exact) mass is 584 g/mol. The summed E-state index contributed by atoms with van der Waals surface area (Å²) in [5.74, 6) is 1.01. The van der Waals surface area contributed by atoms with Crippen molar-refractivity contribution in [3.63, 3.8) is 0 Å². The van der Waals surface area contributed by atoms with Crippen LogP contribution in [0.15, 0.2) is 162 Å². The van der Waals surface area contributed by atoms with Crippen LogP contribution in [0.1, 0.15) is 11.1 Å². The van der Waals surface area contributed by atoms with Crippen molar-refractivity contribution in [3.8, 4) is 22.9 Å². The molecule has 0 spiro atoms. The molecule has 5 heteroatoms. The summed E-state index contributed by atoms with van der Waals surface area (Å²) in [6.07, 6.45) is 0. The topological polar surface area (TPSA) is 45.4 Å². The minimum Gasteiger partial charge on any atom is -0.416 e. The van der Waals surface area contributed by atoms with Crippen LogP contribution in [0.3, 0.4) is 0 Å². The summed E-state index contributed by atoms with van der Waals surface area (Å²) in [7, 11) is 0. The molecule has 0 saturated carbocycles. The van der Waals surface area contributed by atoms with Crippen molar-refractivity contribution in [2.45, 2.75) is 13.8 Å². The van der Waals surface area contributed by atoms with Crippen LogP contribution in [0.25, 0.3) is 22.9 Å². The van der Waals surface area contributed by atoms with Crippen LogP contribution >= 0.6 is 0 Å². The summed E-state index contributed by atoms with van der Waals surface area (Å²) >= 11 is 0. The Bertz CT molecular complexity index is 1960. The van der Waals surface area contributed by atoms with Gasteiger partial charge in [-0.25, -0.2) is 0 Å². The Morgan fingerprint density at radius 3 is 1.16 bits per heavy atom. The molecular weight excluding hydrogens is 552 g/mol. The van der Waals surface area contributed by atoms with Gasteiger partial charge in [-0.2, -0.15) is 0 Å². The minimum absolute atomic E-state index is 0.493. The van der Waals surface area contributed by atoms with Gasteiger partial charge in [0.2, 0.25) is 11.8 Å². The summed E-state index contributed by atoms with van der Waals surface area (Å²) in [4.78, 5) is 4.51. The second-order valence-electron chi connectivity index (χ2n) is 11.0. The molecule has 0 aliphatic heterocycles. The predicted octanol–water partition coefficient (Wildman–Crippen LogP) is 11.0. The van der Waals surface area contributed by atoms with E-state index in [0.29, 0.717) is 11.8 Å². The Kier molecular flexibility index (Phi) is 7.65. The molecule has 0 fully saturated rings. The first-order valence-corrected chi connectivity index (χ1v) is 15.0. The molecule has 7 rings (SSSR count). The van der Waals surface area contributed by atoms with E-state index < -0.39 is 0 Å². The number of hydrogen-bond donors (Lipinski definition) is 0. The van der Waals surface area contributed by atoms with E-state index in [1.165, 1.54) is 11.1 Å². The average Bonchev–Trinajstić information content (AvgIpc) is 3.59. The Labute approximate surface area is 263 Å². The van der Waals surface area contributed by atoms with Gasteiger partial charge in [-0.15, -0.1) is 10.2 Å². The number of rotatable bonds is 8. The van der Waals surface area contributed by atoms with Crippen LogP contribution in [-0.4, -0.2) is 10.2 Å². The van der Waals surface area contributed by atoms with Gasteiger partial charge in [0, 0.05) is 45.3 Å². The summed E-state index contributed by atoms with van der Waals surface area (Å²) in [5.41, 5.74) is 10.6. The molecule has 0 saturated heterocycles. The number of benzene rings is 6. The molecule has 218 valence electrons. The fraction of sp³-hybridized carbons (Fsp3) is 0.0500. The summed E-state index contributed by atoms with van der Waals surface area (Å²) < 4.78 is 6.09. The molecule has 0 bridgehead atoms. The lowest BCUT2D eigenvalue weighted by molar-refractivity contribution is 0.584. The lowest BCUT2D eigenvalue weighted by atomic mass is 10.1. The van der Waals surface area contributed by atoms with Gasteiger partial charge in [0.1, 0.15) is 0 Å². The van der Waals surface area contributed by atoms with E-state index in [1.54, 1.807) is 0 Å². The van der Waals surface area contributed by atoms with Gasteiger partial charge in [-0.05, 0) is 122 Å². The smallest absolute Gasteiger partial charge is 0.248 e. The van der Waals surface area contributed by atoms with Crippen molar-refractivity contribution in [2.75, 3.05) is 9.80 Å². The number of para-hydroxylation sites is 3. The van der Waals surface area contributed by atoms with Crippen LogP contribution in [-0.2, 0) is 0 Å². The Morgan fingerprint density at radius 1 is 0.378 bits per heavy atom. The third kappa shape index (κ3) is 5.84. The molecule has 0 amide bonds. The lowest BCUT2D eigenvalue weighted by Gasteiger charge is -2.28. The van der Waals surface area contributed by atoms with E-state index in [2.05, 4.69) is 155 Å². The summed E-state index contributed by atoms with van der Waals surface area (Å²) in [6, 6.07) is 54.4. The van der Waals surface area contributed by atoms with Crippen molar-refractivity contribution < 1.29 is 4.42 Å². The van der Waals surface area contributed by atoms with E-state index in [1.807, 2.05) is 36.4 Å². The highest BCUT2D eigenvalue weighted by molar-refractivity contribution is 5.81. The van der Waals surface area contributed by atoms with Crippen molar-refractivity contribution in [3.05, 3.63) is 169 Å². The van der Waals surface area contributed by atoms with Crippen LogP contribution in [0, 0.1) is 13.8 Å². The molecule has 0 aliphatic rings. The van der Waals surface area contributed by atoms with Gasteiger partial charge >= 0.3 is 0 Å². The first kappa shape index (κ1) is 27.9. The van der Waals surface area contributed by atoms with E-state index in [-0.39, 0.29) is 0 Å². The molecule has 0 aliphatic carbocycles. The maximum Gasteiger partial charge on any atom is 0.248 e. The standard InChI is InChI=1S/C40H32N4O/c1-29-18-19-32(28-30(29)2)40-42-41-39(45-40)31-20-22-36(23-21-31)44(35-16-10-5-11-17-35)38-26-24-37(25-27-38)43(33-12-6-3-7-13-33)34-14-8-4-9-15-34/h3-28H,1-2H3. The average molecular weight is 585 g/mol. The largest absolute Gasteiger partial charge is 0.416 e.